The number of hydrogen-bond acceptors (Lipinski definition) is 4. The van der Waals surface area contributed by atoms with Gasteiger partial charge >= 0.3 is 0 Å². The van der Waals surface area contributed by atoms with Crippen LogP contribution in [0.5, 0.6) is 0 Å². The molecule has 0 saturated heterocycles. The van der Waals surface area contributed by atoms with Crippen LogP contribution in [0.2, 0.25) is 39.3 Å². The van der Waals surface area contributed by atoms with Crippen LogP contribution in [0.4, 0.5) is 4.39 Å². The Balaban J connectivity index is 0.000000290. The molecule has 0 fully saturated rings. The van der Waals surface area contributed by atoms with Crippen molar-refractivity contribution in [2.24, 2.45) is 11.8 Å². The summed E-state index contributed by atoms with van der Waals surface area (Å²) in [7, 11) is -3.01. The number of aliphatic hydroxyl groups excluding tert-OH is 1. The van der Waals surface area contributed by atoms with Crippen molar-refractivity contribution in [2.45, 2.75) is 152 Å². The minimum atomic E-state index is -1.50. The quantitative estimate of drug-likeness (QED) is 0.0574. The average Bonchev–Trinajstić information content (AvgIpc) is 3.26. The number of benzene rings is 4. The summed E-state index contributed by atoms with van der Waals surface area (Å²) in [6.07, 6.45) is 3.84. The van der Waals surface area contributed by atoms with Crippen molar-refractivity contribution < 1.29 is 39.9 Å². The van der Waals surface area contributed by atoms with Gasteiger partial charge in [0.05, 0.1) is 34.1 Å². The van der Waals surface area contributed by atoms with E-state index in [-0.39, 0.29) is 85.2 Å². The number of fused-ring (bicyclic) bond motifs is 2. The summed E-state index contributed by atoms with van der Waals surface area (Å²) < 4.78 is 45.5. The molecule has 2 aromatic heterocycles. The SMILES string of the molecule is CCC(CC)C(=O)/C=C(\O)C(CC)CCF.[2H]c1nc(-c2[c-]c(C)cc(C(C)(C)C)c2)c2ccc([Si](C)(C)C)cc2c1[2H].[2H]c1nc(-c2[c-]c(C)cc(C(C)(C)C)c2)c2ccc([Si](C)(C)C)cc2c1[2H].[Ir]. The molecule has 0 aliphatic carbocycles. The zero-order valence-corrected chi connectivity index (χ0v) is 47.9. The van der Waals surface area contributed by atoms with Crippen LogP contribution in [0.1, 0.15) is 116 Å². The number of hydrogen-bond donors (Lipinski definition) is 1. The van der Waals surface area contributed by atoms with E-state index in [0.29, 0.717) is 6.42 Å². The van der Waals surface area contributed by atoms with E-state index in [0.717, 1.165) is 68.0 Å². The summed E-state index contributed by atoms with van der Waals surface area (Å²) >= 11 is 0. The Morgan fingerprint density at radius 2 is 1.07 bits per heavy atom. The van der Waals surface area contributed by atoms with Crippen LogP contribution in [-0.2, 0) is 35.7 Å². The van der Waals surface area contributed by atoms with E-state index in [1.54, 1.807) is 0 Å². The predicted molar refractivity (Wildman–Crippen MR) is 289 cm³/mol. The van der Waals surface area contributed by atoms with Crippen LogP contribution in [-0.4, -0.2) is 43.7 Å². The van der Waals surface area contributed by atoms with Crippen molar-refractivity contribution in [2.75, 3.05) is 6.67 Å². The number of nitrogens with zero attached hydrogens (tertiary/aromatic N) is 2. The van der Waals surface area contributed by atoms with Gasteiger partial charge in [0.25, 0.3) is 0 Å². The molecular formula is C59H79FIrN2O2Si2-2. The fourth-order valence-corrected chi connectivity index (χ4v) is 10.1. The van der Waals surface area contributed by atoms with Crippen LogP contribution >= 0.6 is 0 Å². The summed E-state index contributed by atoms with van der Waals surface area (Å²) in [5.74, 6) is -0.245. The Morgan fingerprint density at radius 3 is 1.40 bits per heavy atom. The fraction of sp³-hybridized carbons (Fsp3) is 0.441. The normalized spacial score (nSPS) is 13.6. The van der Waals surface area contributed by atoms with E-state index in [4.69, 9.17) is 5.48 Å². The van der Waals surface area contributed by atoms with E-state index in [9.17, 15) is 14.3 Å². The summed E-state index contributed by atoms with van der Waals surface area (Å²) in [5, 5.41) is 15.8. The molecule has 1 unspecified atom stereocenters. The van der Waals surface area contributed by atoms with Crippen LogP contribution in [0.25, 0.3) is 44.1 Å². The summed E-state index contributed by atoms with van der Waals surface area (Å²) in [6.45, 7) is 36.4. The monoisotopic (exact) mass is 1120 g/mol. The number of aliphatic hydroxyl groups is 1. The third-order valence-electron chi connectivity index (χ3n) is 12.3. The molecule has 1 atom stereocenters. The molecule has 1 radical (unpaired) electrons. The molecule has 4 nitrogen and oxygen atoms in total. The Morgan fingerprint density at radius 1 is 0.687 bits per heavy atom. The molecule has 0 bridgehead atoms. The van der Waals surface area contributed by atoms with Crippen LogP contribution in [0.15, 0.2) is 96.9 Å². The van der Waals surface area contributed by atoms with Crippen LogP contribution in [0.3, 0.4) is 0 Å². The first-order valence-electron chi connectivity index (χ1n) is 25.8. The second-order valence-electron chi connectivity index (χ2n) is 21.9. The second-order valence-corrected chi connectivity index (χ2v) is 32.1. The standard InChI is InChI=1S/2C23H28NSi.C13H23FO2.Ir/c2*1-16-12-18(14-19(13-16)23(2,3)4)22-21-9-8-20(25(5,6)7)15-17(21)10-11-24-22;1-4-10(5-2)12(15)9-13(16)11(6-3)7-8-14;/h2*8-11,13-15H,1-7H3;9-11,16H,4-8H2,1-3H3;/q2*-1;;/b;;13-9-;/i2*10D,11D;;. The summed E-state index contributed by atoms with van der Waals surface area (Å²) in [6, 6.07) is 28.5. The first kappa shape index (κ1) is 50.8. The first-order chi connectivity index (χ1) is 32.3. The van der Waals surface area contributed by atoms with Gasteiger partial charge in [0.15, 0.2) is 5.78 Å². The molecule has 0 saturated carbocycles. The number of aromatic nitrogens is 2. The maximum absolute atomic E-state index is 12.2. The molecule has 4 aromatic carbocycles. The Bertz CT molecular complexity index is 2690. The van der Waals surface area contributed by atoms with Gasteiger partial charge in [0, 0.05) is 50.4 Å². The largest absolute Gasteiger partial charge is 0.512 e. The number of alkyl halides is 1. The van der Waals surface area contributed by atoms with Crippen molar-refractivity contribution in [3.05, 3.63) is 131 Å². The van der Waals surface area contributed by atoms with E-state index in [1.807, 2.05) is 34.6 Å². The zero-order valence-electron chi connectivity index (χ0n) is 47.5. The van der Waals surface area contributed by atoms with Gasteiger partial charge in [0.2, 0.25) is 0 Å². The van der Waals surface area contributed by atoms with Gasteiger partial charge in [-0.25, -0.2) is 0 Å². The molecule has 0 aliphatic heterocycles. The van der Waals surface area contributed by atoms with Crippen molar-refractivity contribution in [3.8, 4) is 22.5 Å². The van der Waals surface area contributed by atoms with Gasteiger partial charge in [-0.3, -0.25) is 9.18 Å². The molecule has 363 valence electrons. The fourth-order valence-electron chi connectivity index (χ4n) is 7.78. The topological polar surface area (TPSA) is 63.1 Å². The molecule has 0 spiro atoms. The summed E-state index contributed by atoms with van der Waals surface area (Å²) in [4.78, 5) is 20.7. The van der Waals surface area contributed by atoms with Crippen molar-refractivity contribution in [3.63, 3.8) is 0 Å². The molecule has 8 heteroatoms. The molecular weight excluding hydrogens is 1040 g/mol. The van der Waals surface area contributed by atoms with E-state index in [1.165, 1.54) is 27.6 Å². The number of rotatable bonds is 12. The third-order valence-corrected chi connectivity index (χ3v) is 16.4. The number of pyridine rings is 2. The zero-order chi connectivity index (χ0) is 52.8. The Labute approximate surface area is 425 Å². The van der Waals surface area contributed by atoms with Crippen molar-refractivity contribution >= 4 is 53.8 Å². The van der Waals surface area contributed by atoms with Gasteiger partial charge in [-0.2, -0.15) is 0 Å². The number of carbonyl (C=O) groups excluding carboxylic acids is 1. The number of carbonyl (C=O) groups is 1. The third kappa shape index (κ3) is 15.7. The minimum absolute atomic E-state index is 0. The molecule has 1 N–H and O–H groups in total. The van der Waals surface area contributed by atoms with E-state index >= 15 is 0 Å². The Kier molecular flexibility index (Phi) is 18.2. The smallest absolute Gasteiger partial charge is 0.162 e. The van der Waals surface area contributed by atoms with Crippen LogP contribution < -0.4 is 10.4 Å². The Hall–Kier alpha value is -4.08. The average molecular weight is 1120 g/mol. The number of aryl methyl sites for hydroxylation is 2. The molecule has 0 amide bonds. The van der Waals surface area contributed by atoms with Gasteiger partial charge in [-0.15, -0.1) is 69.8 Å². The van der Waals surface area contributed by atoms with Gasteiger partial charge in [-0.1, -0.05) is 162 Å². The first-order valence-corrected chi connectivity index (χ1v) is 30.8. The maximum atomic E-state index is 12.2. The predicted octanol–water partition coefficient (Wildman–Crippen LogP) is 15.5. The molecule has 0 aliphatic rings. The summed E-state index contributed by atoms with van der Waals surface area (Å²) in [5.41, 5.74) is 7.93. The number of halogens is 1. The van der Waals surface area contributed by atoms with Gasteiger partial charge < -0.3 is 15.1 Å². The van der Waals surface area contributed by atoms with Crippen LogP contribution in [0, 0.1) is 37.8 Å². The maximum Gasteiger partial charge on any atom is 0.162 e. The van der Waals surface area contributed by atoms with Crippen molar-refractivity contribution in [1.29, 1.82) is 0 Å². The molecule has 6 aromatic rings. The van der Waals surface area contributed by atoms with Gasteiger partial charge in [0.1, 0.15) is 0 Å². The molecule has 2 heterocycles. The molecule has 67 heavy (non-hydrogen) atoms. The van der Waals surface area contributed by atoms with E-state index < -0.39 is 22.8 Å². The number of allylic oxidation sites excluding steroid dienone is 2. The molecule has 6 rings (SSSR count). The minimum Gasteiger partial charge on any atom is -0.512 e. The van der Waals surface area contributed by atoms with E-state index in [2.05, 4.69) is 164 Å². The second kappa shape index (κ2) is 24.0. The number of ketones is 1. The van der Waals surface area contributed by atoms with Gasteiger partial charge in [-0.05, 0) is 81.5 Å². The van der Waals surface area contributed by atoms with Crippen molar-refractivity contribution in [1.82, 2.24) is 9.97 Å².